The number of likely N-dealkylation sites (tertiary alicyclic amines) is 1. The third-order valence-electron chi connectivity index (χ3n) is 3.91. The van der Waals surface area contributed by atoms with Crippen LogP contribution in [0.3, 0.4) is 0 Å². The molecule has 2 amide bonds. The minimum Gasteiger partial charge on any atom is -0.449 e. The molecule has 1 aliphatic heterocycles. The molecular formula is C17H21F3N2O3. The first-order valence-electron chi connectivity index (χ1n) is 8.15. The van der Waals surface area contributed by atoms with Crippen LogP contribution in [0.4, 0.5) is 18.0 Å². The van der Waals surface area contributed by atoms with Crippen molar-refractivity contribution in [1.82, 2.24) is 10.2 Å². The molecule has 0 radical (unpaired) electrons. The van der Waals surface area contributed by atoms with E-state index in [1.54, 1.807) is 4.90 Å². The molecule has 138 valence electrons. The number of benzene rings is 1. The minimum absolute atomic E-state index is 0.242. The van der Waals surface area contributed by atoms with Gasteiger partial charge in [-0.1, -0.05) is 13.8 Å². The molecule has 2 rings (SSSR count). The first-order chi connectivity index (χ1) is 11.8. The molecule has 5 nitrogen and oxygen atoms in total. The molecule has 0 bridgehead atoms. The molecule has 0 atom stereocenters. The van der Waals surface area contributed by atoms with Crippen LogP contribution in [0.5, 0.6) is 0 Å². The average Bonchev–Trinajstić information content (AvgIpc) is 2.58. The van der Waals surface area contributed by atoms with E-state index < -0.39 is 35.0 Å². The molecule has 0 spiro atoms. The Morgan fingerprint density at radius 1 is 1.20 bits per heavy atom. The maximum atomic E-state index is 13.6. The molecule has 1 N–H and O–H groups in total. The number of nitrogens with one attached hydrogen (secondary N) is 1. The highest BCUT2D eigenvalue weighted by Gasteiger charge is 2.26. The number of halogens is 3. The molecule has 0 saturated carbocycles. The molecule has 25 heavy (non-hydrogen) atoms. The van der Waals surface area contributed by atoms with Gasteiger partial charge in [0.2, 0.25) is 0 Å². The minimum atomic E-state index is -1.67. The van der Waals surface area contributed by atoms with Crippen molar-refractivity contribution in [3.63, 3.8) is 0 Å². The van der Waals surface area contributed by atoms with E-state index >= 15 is 0 Å². The van der Waals surface area contributed by atoms with Crippen molar-refractivity contribution < 1.29 is 27.5 Å². The third kappa shape index (κ3) is 4.87. The fourth-order valence-corrected chi connectivity index (χ4v) is 2.50. The van der Waals surface area contributed by atoms with E-state index in [1.165, 1.54) is 0 Å². The van der Waals surface area contributed by atoms with E-state index in [-0.39, 0.29) is 12.0 Å². The van der Waals surface area contributed by atoms with Gasteiger partial charge >= 0.3 is 6.09 Å². The summed E-state index contributed by atoms with van der Waals surface area (Å²) >= 11 is 0. The molecule has 8 heteroatoms. The maximum absolute atomic E-state index is 13.6. The summed E-state index contributed by atoms with van der Waals surface area (Å²) in [6, 6.07) is 1.33. The lowest BCUT2D eigenvalue weighted by Crippen LogP contribution is -2.47. The Bertz CT molecular complexity index is 644. The number of hydrogen-bond acceptors (Lipinski definition) is 3. The normalized spacial score (nSPS) is 15.4. The largest absolute Gasteiger partial charge is 0.449 e. The van der Waals surface area contributed by atoms with Crippen LogP contribution in [-0.4, -0.2) is 42.6 Å². The number of carbonyl (C=O) groups excluding carboxylic acids is 2. The van der Waals surface area contributed by atoms with Crippen LogP contribution in [0.15, 0.2) is 12.1 Å². The standard InChI is InChI=1S/C17H21F3N2O3/c1-10(2)9-25-17(24)22-7-5-11(6-8-22)21-16(23)12-3-4-13(18)15(20)14(12)19/h3-4,10-11H,5-9H2,1-2H3,(H,21,23). The van der Waals surface area contributed by atoms with Crippen LogP contribution < -0.4 is 5.32 Å². The van der Waals surface area contributed by atoms with Gasteiger partial charge in [0.15, 0.2) is 17.5 Å². The van der Waals surface area contributed by atoms with Gasteiger partial charge in [0.25, 0.3) is 5.91 Å². The second-order valence-corrected chi connectivity index (χ2v) is 6.43. The van der Waals surface area contributed by atoms with Crippen molar-refractivity contribution in [3.05, 3.63) is 35.1 Å². The van der Waals surface area contributed by atoms with E-state index in [4.69, 9.17) is 4.74 Å². The summed E-state index contributed by atoms with van der Waals surface area (Å²) in [5.74, 6) is -5.09. The average molecular weight is 358 g/mol. The summed E-state index contributed by atoms with van der Waals surface area (Å²) in [4.78, 5) is 25.4. The van der Waals surface area contributed by atoms with Gasteiger partial charge in [-0.3, -0.25) is 4.79 Å². The summed E-state index contributed by atoms with van der Waals surface area (Å²) in [6.07, 6.45) is 0.534. The second kappa shape index (κ2) is 8.22. The van der Waals surface area contributed by atoms with Gasteiger partial charge in [-0.2, -0.15) is 0 Å². The van der Waals surface area contributed by atoms with Gasteiger partial charge in [-0.25, -0.2) is 18.0 Å². The molecule has 1 heterocycles. The molecule has 1 aromatic carbocycles. The van der Waals surface area contributed by atoms with Gasteiger partial charge in [0.05, 0.1) is 12.2 Å². The van der Waals surface area contributed by atoms with Crippen LogP contribution in [-0.2, 0) is 4.74 Å². The predicted octanol–water partition coefficient (Wildman–Crippen LogP) is 3.09. The Hall–Kier alpha value is -2.25. The fourth-order valence-electron chi connectivity index (χ4n) is 2.50. The Kier molecular flexibility index (Phi) is 6.27. The molecule has 1 aliphatic rings. The monoisotopic (exact) mass is 358 g/mol. The van der Waals surface area contributed by atoms with E-state index in [2.05, 4.69) is 5.32 Å². The number of ether oxygens (including phenoxy) is 1. The zero-order valence-electron chi connectivity index (χ0n) is 14.2. The van der Waals surface area contributed by atoms with E-state index in [9.17, 15) is 22.8 Å². The second-order valence-electron chi connectivity index (χ2n) is 6.43. The van der Waals surface area contributed by atoms with E-state index in [0.717, 1.165) is 6.07 Å². The van der Waals surface area contributed by atoms with Gasteiger partial charge in [0, 0.05) is 19.1 Å². The van der Waals surface area contributed by atoms with Crippen molar-refractivity contribution in [3.8, 4) is 0 Å². The highest BCUT2D eigenvalue weighted by molar-refractivity contribution is 5.94. The molecule has 0 aromatic heterocycles. The number of piperidine rings is 1. The summed E-state index contributed by atoms with van der Waals surface area (Å²) in [6.45, 7) is 4.99. The van der Waals surface area contributed by atoms with E-state index in [1.807, 2.05) is 13.8 Å². The molecule has 1 saturated heterocycles. The molecule has 0 unspecified atom stereocenters. The topological polar surface area (TPSA) is 58.6 Å². The predicted molar refractivity (Wildman–Crippen MR) is 84.6 cm³/mol. The Morgan fingerprint density at radius 3 is 2.44 bits per heavy atom. The lowest BCUT2D eigenvalue weighted by Gasteiger charge is -2.31. The highest BCUT2D eigenvalue weighted by Crippen LogP contribution is 2.17. The van der Waals surface area contributed by atoms with Crippen LogP contribution in [0.1, 0.15) is 37.0 Å². The van der Waals surface area contributed by atoms with Crippen LogP contribution in [0.25, 0.3) is 0 Å². The van der Waals surface area contributed by atoms with Gasteiger partial charge in [-0.15, -0.1) is 0 Å². The SMILES string of the molecule is CC(C)COC(=O)N1CCC(NC(=O)c2ccc(F)c(F)c2F)CC1. The molecule has 0 aliphatic carbocycles. The zero-order valence-corrected chi connectivity index (χ0v) is 14.2. The smallest absolute Gasteiger partial charge is 0.409 e. The number of nitrogens with zero attached hydrogens (tertiary/aromatic N) is 1. The van der Waals surface area contributed by atoms with Crippen LogP contribution in [0.2, 0.25) is 0 Å². The molecule has 1 fully saturated rings. The number of carbonyl (C=O) groups is 2. The number of rotatable bonds is 4. The highest BCUT2D eigenvalue weighted by atomic mass is 19.2. The van der Waals surface area contributed by atoms with Crippen molar-refractivity contribution in [2.45, 2.75) is 32.7 Å². The lowest BCUT2D eigenvalue weighted by molar-refractivity contribution is 0.0784. The Labute approximate surface area is 144 Å². The van der Waals surface area contributed by atoms with Crippen LogP contribution >= 0.6 is 0 Å². The van der Waals surface area contributed by atoms with Gasteiger partial charge in [0.1, 0.15) is 0 Å². The van der Waals surface area contributed by atoms with Crippen molar-refractivity contribution in [2.75, 3.05) is 19.7 Å². The molecular weight excluding hydrogens is 337 g/mol. The number of amides is 2. The number of hydrogen-bond donors (Lipinski definition) is 1. The summed E-state index contributed by atoms with van der Waals surface area (Å²) in [5, 5.41) is 2.59. The quantitative estimate of drug-likeness (QED) is 0.842. The van der Waals surface area contributed by atoms with Crippen LogP contribution in [0, 0.1) is 23.4 Å². The molecule has 1 aromatic rings. The summed E-state index contributed by atoms with van der Waals surface area (Å²) in [7, 11) is 0. The van der Waals surface area contributed by atoms with Crippen molar-refractivity contribution >= 4 is 12.0 Å². The maximum Gasteiger partial charge on any atom is 0.409 e. The van der Waals surface area contributed by atoms with E-state index in [0.29, 0.717) is 38.6 Å². The van der Waals surface area contributed by atoms with Crippen molar-refractivity contribution in [2.24, 2.45) is 5.92 Å². The summed E-state index contributed by atoms with van der Waals surface area (Å²) < 4.78 is 44.9. The fraction of sp³-hybridized carbons (Fsp3) is 0.529. The first kappa shape index (κ1) is 19.1. The van der Waals surface area contributed by atoms with Gasteiger partial charge < -0.3 is 15.0 Å². The third-order valence-corrected chi connectivity index (χ3v) is 3.91. The van der Waals surface area contributed by atoms with Crippen molar-refractivity contribution in [1.29, 1.82) is 0 Å². The lowest BCUT2D eigenvalue weighted by atomic mass is 10.0. The first-order valence-corrected chi connectivity index (χ1v) is 8.15. The Balaban J connectivity index is 1.87. The van der Waals surface area contributed by atoms with Gasteiger partial charge in [-0.05, 0) is 30.9 Å². The zero-order chi connectivity index (χ0) is 18.6. The summed E-state index contributed by atoms with van der Waals surface area (Å²) in [5.41, 5.74) is -0.544. The Morgan fingerprint density at radius 2 is 1.84 bits per heavy atom.